The third-order valence-electron chi connectivity index (χ3n) is 13.3. The minimum atomic E-state index is -1.13. The van der Waals surface area contributed by atoms with Crippen LogP contribution in [0.25, 0.3) is 33.4 Å². The first-order valence-electron chi connectivity index (χ1n) is 21.9. The number of hydrazine groups is 1. The zero-order chi connectivity index (χ0) is 43.2. The number of amides is 2. The van der Waals surface area contributed by atoms with Gasteiger partial charge in [-0.3, -0.25) is 29.3 Å². The number of rotatable bonds is 10. The van der Waals surface area contributed by atoms with Gasteiger partial charge in [0.1, 0.15) is 23.2 Å². The highest BCUT2D eigenvalue weighted by Gasteiger charge is 2.50. The van der Waals surface area contributed by atoms with Crippen molar-refractivity contribution in [2.45, 2.75) is 104 Å². The fourth-order valence-electron chi connectivity index (χ4n) is 9.47. The normalized spacial score (nSPS) is 27.5. The molecular weight excluding hydrogens is 795 g/mol. The third kappa shape index (κ3) is 8.87. The molecule has 3 aliphatic heterocycles. The largest absolute Gasteiger partial charge is 0.464 e. The SMILES string of the molecule is CCn1c(-c2cccnc2[C@H](C)OC)c2c3cc(ccc31)-c1csc(n1)[C@@H](OCCN1CC[C@@H](O)C1)[C@H](NC(=O)C1[C@@H](C)[C@H]1C)C(=O)N1CCC[C@H](N1)C(=O)OCC(C)(C)C2. The van der Waals surface area contributed by atoms with Crippen LogP contribution in [0, 0.1) is 23.2 Å². The molecule has 6 bridgehead atoms. The van der Waals surface area contributed by atoms with Gasteiger partial charge >= 0.3 is 5.97 Å². The lowest BCUT2D eigenvalue weighted by molar-refractivity contribution is -0.157. The van der Waals surface area contributed by atoms with Crippen LogP contribution >= 0.6 is 11.3 Å². The lowest BCUT2D eigenvalue weighted by atomic mass is 9.84. The molecule has 0 radical (unpaired) electrons. The Labute approximate surface area is 362 Å². The van der Waals surface area contributed by atoms with Crippen LogP contribution < -0.4 is 10.7 Å². The zero-order valence-corrected chi connectivity index (χ0v) is 37.3. The fraction of sp³-hybridized carbons (Fsp3) is 0.587. The summed E-state index contributed by atoms with van der Waals surface area (Å²) >= 11 is 1.40. The van der Waals surface area contributed by atoms with E-state index in [-0.39, 0.29) is 49.1 Å². The Morgan fingerprint density at radius 2 is 1.97 bits per heavy atom. The van der Waals surface area contributed by atoms with E-state index in [2.05, 4.69) is 65.2 Å². The number of aromatic nitrogens is 3. The van der Waals surface area contributed by atoms with Gasteiger partial charge in [-0.25, -0.2) is 10.4 Å². The summed E-state index contributed by atoms with van der Waals surface area (Å²) in [5.41, 5.74) is 9.38. The number of ether oxygens (including phenoxy) is 3. The number of benzene rings is 1. The molecule has 6 heterocycles. The molecule has 2 amide bonds. The second-order valence-electron chi connectivity index (χ2n) is 18.2. The van der Waals surface area contributed by atoms with Crippen molar-refractivity contribution < 1.29 is 33.7 Å². The summed E-state index contributed by atoms with van der Waals surface area (Å²) in [4.78, 5) is 54.8. The molecule has 3 fully saturated rings. The standard InChI is InChI=1S/C46H61N7O7S/c1-8-52-36-14-13-29-21-32(36)33(40(52)31-11-9-16-47-38(31)28(4)58-7)22-46(5,6)25-60-45(57)34-12-10-17-53(50-34)44(56)39(49-42(55)37-26(2)27(37)3)41(43-48-35(29)24-61-43)59-20-19-51-18-15-30(54)23-51/h9,11,13-14,16,21,24,26-28,30,34,37,39,41,50,54H,8,10,12,15,17-20,22-23,25H2,1-7H3,(H,49,55)/t26-,27+,28-,30+,34-,37?,39-,41-/m0/s1. The van der Waals surface area contributed by atoms with Crippen LogP contribution in [-0.4, -0.2) is 112 Å². The van der Waals surface area contributed by atoms with Crippen molar-refractivity contribution in [3.05, 3.63) is 58.2 Å². The maximum Gasteiger partial charge on any atom is 0.324 e. The van der Waals surface area contributed by atoms with Crippen LogP contribution in [0.2, 0.25) is 0 Å². The molecule has 1 unspecified atom stereocenters. The summed E-state index contributed by atoms with van der Waals surface area (Å²) in [5, 5.41) is 18.4. The van der Waals surface area contributed by atoms with Gasteiger partial charge in [-0.2, -0.15) is 0 Å². The summed E-state index contributed by atoms with van der Waals surface area (Å²) in [6.45, 7) is 15.8. The van der Waals surface area contributed by atoms with Gasteiger partial charge in [-0.1, -0.05) is 33.8 Å². The summed E-state index contributed by atoms with van der Waals surface area (Å²) in [5.74, 6) is -0.872. The number of pyridine rings is 1. The second-order valence-corrected chi connectivity index (χ2v) is 19.1. The highest BCUT2D eigenvalue weighted by atomic mass is 32.1. The first-order valence-corrected chi connectivity index (χ1v) is 22.8. The molecule has 61 heavy (non-hydrogen) atoms. The molecule has 4 aromatic rings. The van der Waals surface area contributed by atoms with Crippen LogP contribution in [0.3, 0.4) is 0 Å². The Balaban J connectivity index is 1.26. The Bertz CT molecular complexity index is 2250. The van der Waals surface area contributed by atoms with Gasteiger partial charge in [0.15, 0.2) is 0 Å². The smallest absolute Gasteiger partial charge is 0.324 e. The average Bonchev–Trinajstić information content (AvgIpc) is 3.68. The van der Waals surface area contributed by atoms with E-state index >= 15 is 0 Å². The number of hydrogen-bond donors (Lipinski definition) is 3. The number of likely N-dealkylation sites (tertiary alicyclic amines) is 1. The summed E-state index contributed by atoms with van der Waals surface area (Å²) in [6, 6.07) is 8.60. The number of thiazole rings is 1. The van der Waals surface area contributed by atoms with E-state index in [1.807, 2.05) is 32.2 Å². The van der Waals surface area contributed by atoms with Crippen molar-refractivity contribution in [1.82, 2.24) is 35.2 Å². The zero-order valence-electron chi connectivity index (χ0n) is 36.5. The van der Waals surface area contributed by atoms with Gasteiger partial charge in [-0.05, 0) is 81.2 Å². The lowest BCUT2D eigenvalue weighted by Gasteiger charge is -2.37. The highest BCUT2D eigenvalue weighted by molar-refractivity contribution is 7.10. The molecule has 328 valence electrons. The van der Waals surface area contributed by atoms with Gasteiger partial charge in [0, 0.05) is 84.8 Å². The molecule has 1 aliphatic carbocycles. The molecule has 3 aromatic heterocycles. The average molecular weight is 856 g/mol. The number of carbonyl (C=O) groups excluding carboxylic acids is 3. The van der Waals surface area contributed by atoms with Crippen LogP contribution in [-0.2, 0) is 41.6 Å². The van der Waals surface area contributed by atoms with Crippen molar-refractivity contribution in [2.75, 3.05) is 46.5 Å². The van der Waals surface area contributed by atoms with Crippen molar-refractivity contribution in [3.8, 4) is 22.5 Å². The predicted molar refractivity (Wildman–Crippen MR) is 233 cm³/mol. The van der Waals surface area contributed by atoms with E-state index in [0.717, 1.165) is 51.2 Å². The molecule has 8 rings (SSSR count). The number of β-amino-alcohol motifs (C(OH)–C–C–N with tert-alkyl or cyclic N) is 1. The molecule has 0 spiro atoms. The highest BCUT2D eigenvalue weighted by Crippen LogP contribution is 2.46. The Kier molecular flexibility index (Phi) is 12.7. The first-order chi connectivity index (χ1) is 29.3. The predicted octanol–water partition coefficient (Wildman–Crippen LogP) is 5.69. The summed E-state index contributed by atoms with van der Waals surface area (Å²) < 4.78 is 21.0. The van der Waals surface area contributed by atoms with Crippen LogP contribution in [0.4, 0.5) is 0 Å². The number of cyclic esters (lactones) is 1. The minimum Gasteiger partial charge on any atom is -0.464 e. The molecule has 1 aromatic carbocycles. The topological polar surface area (TPSA) is 160 Å². The van der Waals surface area contributed by atoms with Crippen molar-refractivity contribution in [2.24, 2.45) is 23.2 Å². The van der Waals surface area contributed by atoms with Crippen LogP contribution in [0.1, 0.15) is 89.3 Å². The fourth-order valence-corrected chi connectivity index (χ4v) is 10.4. The molecule has 1 saturated carbocycles. The number of aryl methyl sites for hydroxylation is 1. The van der Waals surface area contributed by atoms with Gasteiger partial charge in [0.05, 0.1) is 42.5 Å². The summed E-state index contributed by atoms with van der Waals surface area (Å²) in [7, 11) is 1.69. The maximum atomic E-state index is 14.8. The monoisotopic (exact) mass is 855 g/mol. The van der Waals surface area contributed by atoms with E-state index in [0.29, 0.717) is 56.9 Å². The molecule has 3 N–H and O–H groups in total. The Morgan fingerprint density at radius 1 is 1.16 bits per heavy atom. The van der Waals surface area contributed by atoms with Crippen molar-refractivity contribution >= 4 is 40.0 Å². The lowest BCUT2D eigenvalue weighted by Crippen LogP contribution is -2.61. The van der Waals surface area contributed by atoms with Crippen molar-refractivity contribution in [3.63, 3.8) is 0 Å². The molecule has 14 nitrogen and oxygen atoms in total. The Hall–Kier alpha value is -4.25. The number of aliphatic hydroxyl groups excluding tert-OH is 1. The van der Waals surface area contributed by atoms with Crippen LogP contribution in [0.15, 0.2) is 41.9 Å². The second kappa shape index (κ2) is 17.9. The van der Waals surface area contributed by atoms with Gasteiger partial charge in [0.25, 0.3) is 5.91 Å². The van der Waals surface area contributed by atoms with Crippen molar-refractivity contribution in [1.29, 1.82) is 0 Å². The molecule has 15 heteroatoms. The molecule has 8 atom stereocenters. The van der Waals surface area contributed by atoms with E-state index < -0.39 is 35.5 Å². The number of nitrogens with one attached hydrogen (secondary N) is 2. The number of nitrogens with zero attached hydrogens (tertiary/aromatic N) is 5. The molecular formula is C46H61N7O7S. The minimum absolute atomic E-state index is 0.153. The quantitative estimate of drug-likeness (QED) is 0.168. The van der Waals surface area contributed by atoms with Gasteiger partial charge in [-0.15, -0.1) is 11.3 Å². The van der Waals surface area contributed by atoms with E-state index in [4.69, 9.17) is 24.2 Å². The van der Waals surface area contributed by atoms with Gasteiger partial charge in [0.2, 0.25) is 5.91 Å². The number of carbonyl (C=O) groups is 3. The van der Waals surface area contributed by atoms with E-state index in [1.54, 1.807) is 13.3 Å². The number of fused-ring (bicyclic) bond motifs is 6. The van der Waals surface area contributed by atoms with E-state index in [1.165, 1.54) is 16.3 Å². The molecule has 4 aliphatic rings. The summed E-state index contributed by atoms with van der Waals surface area (Å²) in [6.07, 6.45) is 2.58. The van der Waals surface area contributed by atoms with E-state index in [9.17, 15) is 19.5 Å². The third-order valence-corrected chi connectivity index (χ3v) is 14.2. The first kappa shape index (κ1) is 43.4. The Morgan fingerprint density at radius 3 is 2.69 bits per heavy atom. The maximum absolute atomic E-state index is 14.8. The van der Waals surface area contributed by atoms with Crippen LogP contribution in [0.5, 0.6) is 0 Å². The number of methoxy groups -OCH3 is 1. The number of aliphatic hydroxyl groups is 1. The molecule has 2 saturated heterocycles. The number of esters is 1. The van der Waals surface area contributed by atoms with Gasteiger partial charge < -0.3 is 29.2 Å². The number of hydrogen-bond acceptors (Lipinski definition) is 12.